The second-order valence-corrected chi connectivity index (χ2v) is 5.90. The molecule has 0 unspecified atom stereocenters. The van der Waals surface area contributed by atoms with Crippen LogP contribution in [0.15, 0.2) is 35.5 Å². The summed E-state index contributed by atoms with van der Waals surface area (Å²) in [7, 11) is 2.52. The summed E-state index contributed by atoms with van der Waals surface area (Å²) in [6, 6.07) is 7.48. The highest BCUT2D eigenvalue weighted by atomic mass is 16.5. The first-order valence-corrected chi connectivity index (χ1v) is 8.25. The number of benzene rings is 1. The molecule has 27 heavy (non-hydrogen) atoms. The molecule has 0 aliphatic carbocycles. The van der Waals surface area contributed by atoms with Crippen LogP contribution < -0.4 is 4.90 Å². The van der Waals surface area contributed by atoms with Gasteiger partial charge in [0.15, 0.2) is 5.82 Å². The van der Waals surface area contributed by atoms with E-state index in [-0.39, 0.29) is 24.6 Å². The zero-order chi connectivity index (χ0) is 19.4. The van der Waals surface area contributed by atoms with Crippen molar-refractivity contribution in [2.45, 2.75) is 13.3 Å². The molecule has 2 heterocycles. The number of aromatic amines is 1. The summed E-state index contributed by atoms with van der Waals surface area (Å²) in [6.45, 7) is 1.94. The minimum absolute atomic E-state index is 0.0180. The van der Waals surface area contributed by atoms with E-state index in [1.54, 1.807) is 4.90 Å². The quantitative estimate of drug-likeness (QED) is 0.778. The number of ether oxygens (including phenoxy) is 3. The first-order chi connectivity index (χ1) is 13.0. The van der Waals surface area contributed by atoms with Gasteiger partial charge in [0, 0.05) is 12.1 Å². The number of rotatable bonds is 5. The van der Waals surface area contributed by atoms with E-state index in [1.807, 2.05) is 31.2 Å². The second kappa shape index (κ2) is 8.00. The van der Waals surface area contributed by atoms with Crippen molar-refractivity contribution in [3.63, 3.8) is 0 Å². The van der Waals surface area contributed by atoms with E-state index in [1.165, 1.54) is 14.2 Å². The predicted octanol–water partition coefficient (Wildman–Crippen LogP) is 1.10. The highest BCUT2D eigenvalue weighted by molar-refractivity contribution is 6.03. The highest BCUT2D eigenvalue weighted by Crippen LogP contribution is 2.27. The van der Waals surface area contributed by atoms with Gasteiger partial charge in [-0.1, -0.05) is 12.1 Å². The van der Waals surface area contributed by atoms with E-state index in [0.29, 0.717) is 17.9 Å². The molecule has 9 heteroatoms. The lowest BCUT2D eigenvalue weighted by Gasteiger charge is -2.31. The Labute approximate surface area is 155 Å². The van der Waals surface area contributed by atoms with E-state index >= 15 is 0 Å². The fraction of sp³-hybridized carbons (Fsp3) is 0.333. The molecule has 0 radical (unpaired) electrons. The summed E-state index contributed by atoms with van der Waals surface area (Å²) in [4.78, 5) is 30.2. The Balaban J connectivity index is 1.89. The summed E-state index contributed by atoms with van der Waals surface area (Å²) in [5.41, 5.74) is 1.93. The van der Waals surface area contributed by atoms with Gasteiger partial charge in [-0.2, -0.15) is 5.10 Å². The Morgan fingerprint density at radius 2 is 1.89 bits per heavy atom. The van der Waals surface area contributed by atoms with Crippen LogP contribution in [0, 0.1) is 6.92 Å². The molecule has 0 atom stereocenters. The van der Waals surface area contributed by atoms with Crippen LogP contribution in [-0.2, 0) is 30.2 Å². The summed E-state index contributed by atoms with van der Waals surface area (Å²) >= 11 is 0. The molecule has 0 spiro atoms. The average Bonchev–Trinajstić information content (AvgIpc) is 3.11. The zero-order valence-corrected chi connectivity index (χ0v) is 15.3. The smallest absolute Gasteiger partial charge is 0.355 e. The molecule has 0 amide bonds. The lowest BCUT2D eigenvalue weighted by Crippen LogP contribution is -2.38. The molecule has 142 valence electrons. The normalized spacial score (nSPS) is 14.3. The van der Waals surface area contributed by atoms with E-state index in [9.17, 15) is 9.59 Å². The number of esters is 2. The molecule has 0 saturated heterocycles. The third kappa shape index (κ3) is 3.98. The highest BCUT2D eigenvalue weighted by Gasteiger charge is 2.32. The Kier molecular flexibility index (Phi) is 5.51. The maximum atomic E-state index is 12.3. The Morgan fingerprint density at radius 3 is 2.48 bits per heavy atom. The number of H-pyrrole nitrogens is 1. The number of anilines is 1. The van der Waals surface area contributed by atoms with Crippen LogP contribution in [0.25, 0.3) is 0 Å². The number of aryl methyl sites for hydroxylation is 1. The van der Waals surface area contributed by atoms with Crippen LogP contribution in [-0.4, -0.2) is 54.7 Å². The molecule has 0 fully saturated rings. The van der Waals surface area contributed by atoms with Crippen molar-refractivity contribution in [1.82, 2.24) is 15.2 Å². The molecule has 3 rings (SSSR count). The molecule has 1 aromatic heterocycles. The summed E-state index contributed by atoms with van der Waals surface area (Å²) < 4.78 is 15.1. The Morgan fingerprint density at radius 1 is 1.19 bits per heavy atom. The number of methoxy groups -OCH3 is 2. The molecular formula is C18H20N4O5. The van der Waals surface area contributed by atoms with Gasteiger partial charge in [0.2, 0.25) is 0 Å². The Bertz CT molecular complexity index is 872. The van der Waals surface area contributed by atoms with Gasteiger partial charge in [0.25, 0.3) is 0 Å². The van der Waals surface area contributed by atoms with Gasteiger partial charge in [-0.05, 0) is 24.6 Å². The molecule has 2 aromatic rings. The standard InChI is InChI=1S/C18H20N4O5/c1-11-19-15(21-20-11)8-12-4-6-13(7-5-12)22-10-27-9-14(17(23)25-2)16(22)18(24)26-3/h4-7H,8-10H2,1-3H3,(H,19,20,21). The van der Waals surface area contributed by atoms with Gasteiger partial charge in [-0.15, -0.1) is 0 Å². The summed E-state index contributed by atoms with van der Waals surface area (Å²) in [6.07, 6.45) is 0.578. The third-order valence-electron chi connectivity index (χ3n) is 4.09. The number of nitrogens with zero attached hydrogens (tertiary/aromatic N) is 3. The lowest BCUT2D eigenvalue weighted by atomic mass is 10.1. The third-order valence-corrected chi connectivity index (χ3v) is 4.09. The van der Waals surface area contributed by atoms with Crippen LogP contribution in [0.4, 0.5) is 5.69 Å². The van der Waals surface area contributed by atoms with Crippen molar-refractivity contribution >= 4 is 17.6 Å². The van der Waals surface area contributed by atoms with Gasteiger partial charge in [0.05, 0.1) is 26.4 Å². The zero-order valence-electron chi connectivity index (χ0n) is 15.3. The van der Waals surface area contributed by atoms with Crippen molar-refractivity contribution < 1.29 is 23.8 Å². The molecule has 0 saturated carbocycles. The van der Waals surface area contributed by atoms with Crippen molar-refractivity contribution in [3.8, 4) is 0 Å². The van der Waals surface area contributed by atoms with Crippen molar-refractivity contribution in [2.75, 3.05) is 32.5 Å². The minimum Gasteiger partial charge on any atom is -0.466 e. The largest absolute Gasteiger partial charge is 0.466 e. The van der Waals surface area contributed by atoms with Crippen LogP contribution >= 0.6 is 0 Å². The number of hydrogen-bond acceptors (Lipinski definition) is 8. The van der Waals surface area contributed by atoms with Crippen LogP contribution in [0.1, 0.15) is 17.2 Å². The monoisotopic (exact) mass is 372 g/mol. The predicted molar refractivity (Wildman–Crippen MR) is 94.7 cm³/mol. The van der Waals surface area contributed by atoms with Gasteiger partial charge < -0.3 is 19.1 Å². The number of nitrogens with one attached hydrogen (secondary N) is 1. The van der Waals surface area contributed by atoms with E-state index in [0.717, 1.165) is 11.4 Å². The minimum atomic E-state index is -0.628. The van der Waals surface area contributed by atoms with E-state index in [4.69, 9.17) is 14.2 Å². The van der Waals surface area contributed by atoms with Crippen LogP contribution in [0.2, 0.25) is 0 Å². The maximum absolute atomic E-state index is 12.3. The molecule has 1 aromatic carbocycles. The molecular weight excluding hydrogens is 352 g/mol. The fourth-order valence-corrected chi connectivity index (χ4v) is 2.79. The van der Waals surface area contributed by atoms with E-state index < -0.39 is 11.9 Å². The van der Waals surface area contributed by atoms with E-state index in [2.05, 4.69) is 15.2 Å². The SMILES string of the molecule is COC(=O)C1=C(C(=O)OC)N(c2ccc(Cc3n[nH]c(C)n3)cc2)COC1. The number of aromatic nitrogens is 3. The summed E-state index contributed by atoms with van der Waals surface area (Å²) in [5, 5.41) is 6.93. The molecule has 1 aliphatic rings. The van der Waals surface area contributed by atoms with Crippen molar-refractivity contribution in [1.29, 1.82) is 0 Å². The average molecular weight is 372 g/mol. The van der Waals surface area contributed by atoms with Crippen molar-refractivity contribution in [3.05, 3.63) is 52.7 Å². The molecule has 1 aliphatic heterocycles. The van der Waals surface area contributed by atoms with Gasteiger partial charge in [-0.25, -0.2) is 14.6 Å². The molecule has 9 nitrogen and oxygen atoms in total. The second-order valence-electron chi connectivity index (χ2n) is 5.90. The van der Waals surface area contributed by atoms with Gasteiger partial charge >= 0.3 is 11.9 Å². The Hall–Kier alpha value is -3.20. The van der Waals surface area contributed by atoms with Crippen molar-refractivity contribution in [2.24, 2.45) is 0 Å². The first kappa shape index (κ1) is 18.6. The summed E-state index contributed by atoms with van der Waals surface area (Å²) in [5.74, 6) is 0.204. The van der Waals surface area contributed by atoms with Crippen LogP contribution in [0.5, 0.6) is 0 Å². The lowest BCUT2D eigenvalue weighted by molar-refractivity contribution is -0.140. The van der Waals surface area contributed by atoms with Gasteiger partial charge in [0.1, 0.15) is 18.3 Å². The molecule has 0 bridgehead atoms. The number of carbonyl (C=O) groups is 2. The van der Waals surface area contributed by atoms with Gasteiger partial charge in [-0.3, -0.25) is 5.10 Å². The fourth-order valence-electron chi connectivity index (χ4n) is 2.79. The topological polar surface area (TPSA) is 107 Å². The first-order valence-electron chi connectivity index (χ1n) is 8.25. The maximum Gasteiger partial charge on any atom is 0.355 e. The van der Waals surface area contributed by atoms with Crippen LogP contribution in [0.3, 0.4) is 0 Å². The number of hydrogen-bond donors (Lipinski definition) is 1. The number of carbonyl (C=O) groups excluding carboxylic acids is 2. The molecule has 1 N–H and O–H groups in total.